The van der Waals surface area contributed by atoms with Crippen LogP contribution in [0.25, 0.3) is 0 Å². The quantitative estimate of drug-likeness (QED) is 0.763. The first-order chi connectivity index (χ1) is 13.0. The number of benzene rings is 2. The molecule has 2 aliphatic heterocycles. The molecule has 0 aromatic heterocycles. The van der Waals surface area contributed by atoms with E-state index < -0.39 is 4.87 Å². The first kappa shape index (κ1) is 18.2. The van der Waals surface area contributed by atoms with E-state index in [1.54, 1.807) is 41.1 Å². The van der Waals surface area contributed by atoms with Crippen LogP contribution in [0.4, 0.5) is 5.69 Å². The molecule has 2 aromatic rings. The van der Waals surface area contributed by atoms with E-state index in [0.717, 1.165) is 10.6 Å². The molecular formula is C20H19ClN2O3S. The van der Waals surface area contributed by atoms with Gasteiger partial charge in [-0.15, -0.1) is 0 Å². The topological polar surface area (TPSA) is 49.9 Å². The van der Waals surface area contributed by atoms with Gasteiger partial charge in [0.05, 0.1) is 12.2 Å². The number of ether oxygens (including phenoxy) is 1. The predicted molar refractivity (Wildman–Crippen MR) is 106 cm³/mol. The van der Waals surface area contributed by atoms with Crippen molar-refractivity contribution in [3.8, 4) is 5.75 Å². The van der Waals surface area contributed by atoms with Crippen LogP contribution in [0, 0.1) is 0 Å². The second-order valence-corrected chi connectivity index (χ2v) is 8.37. The standard InChI is InChI=1S/C20H19ClN2O3S/c1-22(12-13-26-15-8-6-14(21)7-9-15)19(25)20-11-10-18(24)23(20)16-4-2-3-5-17(16)27-20/h2-9H,10-13H2,1H3. The summed E-state index contributed by atoms with van der Waals surface area (Å²) in [5.41, 5.74) is 0.837. The van der Waals surface area contributed by atoms with Crippen molar-refractivity contribution < 1.29 is 14.3 Å². The Morgan fingerprint density at radius 2 is 2.00 bits per heavy atom. The Kier molecular flexibility index (Phi) is 4.78. The van der Waals surface area contributed by atoms with Crippen LogP contribution in [0.2, 0.25) is 5.02 Å². The zero-order valence-electron chi connectivity index (χ0n) is 14.9. The Labute approximate surface area is 167 Å². The Hall–Kier alpha value is -2.18. The number of carbonyl (C=O) groups is 2. The number of para-hydroxylation sites is 1. The second kappa shape index (κ2) is 7.09. The number of hydrogen-bond donors (Lipinski definition) is 0. The van der Waals surface area contributed by atoms with Gasteiger partial charge in [0.2, 0.25) is 5.91 Å². The number of halogens is 1. The fraction of sp³-hybridized carbons (Fsp3) is 0.300. The highest BCUT2D eigenvalue weighted by molar-refractivity contribution is 8.02. The summed E-state index contributed by atoms with van der Waals surface area (Å²) >= 11 is 7.35. The molecule has 0 saturated carbocycles. The van der Waals surface area contributed by atoms with Crippen molar-refractivity contribution in [2.45, 2.75) is 22.6 Å². The molecule has 2 aromatic carbocycles. The summed E-state index contributed by atoms with van der Waals surface area (Å²) in [6.45, 7) is 0.799. The van der Waals surface area contributed by atoms with Gasteiger partial charge >= 0.3 is 0 Å². The average Bonchev–Trinajstić information content (AvgIpc) is 3.18. The van der Waals surface area contributed by atoms with Crippen LogP contribution in [0.1, 0.15) is 12.8 Å². The lowest BCUT2D eigenvalue weighted by Crippen LogP contribution is -2.53. The van der Waals surface area contributed by atoms with E-state index in [4.69, 9.17) is 16.3 Å². The molecule has 4 rings (SSSR count). The summed E-state index contributed by atoms with van der Waals surface area (Å²) in [5, 5.41) is 0.651. The van der Waals surface area contributed by atoms with E-state index in [2.05, 4.69) is 0 Å². The van der Waals surface area contributed by atoms with Gasteiger partial charge in [0.25, 0.3) is 5.91 Å². The Morgan fingerprint density at radius 3 is 2.78 bits per heavy atom. The van der Waals surface area contributed by atoms with Gasteiger partial charge in [-0.25, -0.2) is 0 Å². The molecule has 7 heteroatoms. The lowest BCUT2D eigenvalue weighted by molar-refractivity contribution is -0.133. The molecule has 1 fully saturated rings. The number of likely N-dealkylation sites (N-methyl/N-ethyl adjacent to an activating group) is 1. The zero-order chi connectivity index (χ0) is 19.0. The SMILES string of the molecule is CN(CCOc1ccc(Cl)cc1)C(=O)C12CCC(=O)N1c1ccccc1S2. The highest BCUT2D eigenvalue weighted by Gasteiger charge is 2.58. The Balaban J connectivity index is 1.45. The lowest BCUT2D eigenvalue weighted by Gasteiger charge is -2.33. The number of hydrogen-bond acceptors (Lipinski definition) is 4. The normalized spacial score (nSPS) is 20.4. The average molecular weight is 403 g/mol. The van der Waals surface area contributed by atoms with Crippen molar-refractivity contribution in [3.05, 3.63) is 53.6 Å². The minimum atomic E-state index is -0.865. The van der Waals surface area contributed by atoms with E-state index in [-0.39, 0.29) is 11.8 Å². The number of thioether (sulfide) groups is 1. The molecular weight excluding hydrogens is 384 g/mol. The largest absolute Gasteiger partial charge is 0.492 e. The second-order valence-electron chi connectivity index (χ2n) is 6.61. The van der Waals surface area contributed by atoms with E-state index in [1.807, 2.05) is 24.3 Å². The monoisotopic (exact) mass is 402 g/mol. The Morgan fingerprint density at radius 1 is 1.26 bits per heavy atom. The third-order valence-corrected chi connectivity index (χ3v) is 6.58. The highest BCUT2D eigenvalue weighted by atomic mass is 35.5. The predicted octanol–water partition coefficient (Wildman–Crippen LogP) is 3.81. The third-order valence-electron chi connectivity index (χ3n) is 4.86. The smallest absolute Gasteiger partial charge is 0.259 e. The van der Waals surface area contributed by atoms with Crippen molar-refractivity contribution in [2.24, 2.45) is 0 Å². The van der Waals surface area contributed by atoms with Gasteiger partial charge < -0.3 is 9.64 Å². The first-order valence-corrected chi connectivity index (χ1v) is 9.96. The molecule has 5 nitrogen and oxygen atoms in total. The molecule has 2 heterocycles. The summed E-state index contributed by atoms with van der Waals surface area (Å²) in [7, 11) is 1.76. The van der Waals surface area contributed by atoms with Crippen LogP contribution in [-0.4, -0.2) is 41.8 Å². The highest BCUT2D eigenvalue weighted by Crippen LogP contribution is 2.56. The van der Waals surface area contributed by atoms with Crippen LogP contribution in [0.3, 0.4) is 0 Å². The maximum atomic E-state index is 13.3. The molecule has 2 aliphatic rings. The van der Waals surface area contributed by atoms with Crippen molar-refractivity contribution in [1.82, 2.24) is 4.90 Å². The molecule has 27 heavy (non-hydrogen) atoms. The molecule has 140 valence electrons. The number of amides is 2. The number of carbonyl (C=O) groups excluding carboxylic acids is 2. The molecule has 0 N–H and O–H groups in total. The fourth-order valence-corrected chi connectivity index (χ4v) is 5.15. The van der Waals surface area contributed by atoms with Gasteiger partial charge in [0.1, 0.15) is 12.4 Å². The van der Waals surface area contributed by atoms with Crippen molar-refractivity contribution in [2.75, 3.05) is 25.1 Å². The number of fused-ring (bicyclic) bond motifs is 3. The third kappa shape index (κ3) is 3.17. The summed E-state index contributed by atoms with van der Waals surface area (Å²) < 4.78 is 5.70. The maximum Gasteiger partial charge on any atom is 0.259 e. The number of anilines is 1. The molecule has 0 spiro atoms. The molecule has 1 atom stereocenters. The fourth-order valence-electron chi connectivity index (χ4n) is 3.51. The summed E-state index contributed by atoms with van der Waals surface area (Å²) in [6.07, 6.45) is 0.911. The van der Waals surface area contributed by atoms with Gasteiger partial charge in [0, 0.05) is 23.4 Å². The summed E-state index contributed by atoms with van der Waals surface area (Å²) in [6, 6.07) is 14.8. The van der Waals surface area contributed by atoms with E-state index in [9.17, 15) is 9.59 Å². The molecule has 0 bridgehead atoms. The van der Waals surface area contributed by atoms with Crippen molar-refractivity contribution >= 4 is 40.9 Å². The van der Waals surface area contributed by atoms with Crippen LogP contribution >= 0.6 is 23.4 Å². The van der Waals surface area contributed by atoms with Crippen molar-refractivity contribution in [3.63, 3.8) is 0 Å². The van der Waals surface area contributed by atoms with E-state index >= 15 is 0 Å². The maximum absolute atomic E-state index is 13.3. The molecule has 0 aliphatic carbocycles. The lowest BCUT2D eigenvalue weighted by atomic mass is 10.1. The van der Waals surface area contributed by atoms with Gasteiger partial charge in [-0.3, -0.25) is 14.5 Å². The molecule has 0 radical (unpaired) electrons. The minimum absolute atomic E-state index is 0.00612. The number of rotatable bonds is 5. The van der Waals surface area contributed by atoms with Gasteiger partial charge in [0.15, 0.2) is 4.87 Å². The molecule has 2 amide bonds. The Bertz CT molecular complexity index is 889. The molecule has 1 unspecified atom stereocenters. The van der Waals surface area contributed by atoms with E-state index in [1.165, 1.54) is 11.8 Å². The summed E-state index contributed by atoms with van der Waals surface area (Å²) in [5.74, 6) is 0.652. The van der Waals surface area contributed by atoms with Crippen LogP contribution in [0.15, 0.2) is 53.4 Å². The van der Waals surface area contributed by atoms with Gasteiger partial charge in [-0.05, 0) is 42.8 Å². The van der Waals surface area contributed by atoms with E-state index in [0.29, 0.717) is 36.8 Å². The number of nitrogens with zero attached hydrogens (tertiary/aromatic N) is 2. The zero-order valence-corrected chi connectivity index (χ0v) is 16.4. The van der Waals surface area contributed by atoms with Crippen LogP contribution in [-0.2, 0) is 9.59 Å². The van der Waals surface area contributed by atoms with Gasteiger partial charge in [-0.2, -0.15) is 0 Å². The molecule has 1 saturated heterocycles. The van der Waals surface area contributed by atoms with Gasteiger partial charge in [-0.1, -0.05) is 35.5 Å². The summed E-state index contributed by atoms with van der Waals surface area (Å²) in [4.78, 5) is 29.2. The minimum Gasteiger partial charge on any atom is -0.492 e. The first-order valence-electron chi connectivity index (χ1n) is 8.76. The van der Waals surface area contributed by atoms with Crippen molar-refractivity contribution in [1.29, 1.82) is 0 Å². The van der Waals surface area contributed by atoms with Crippen LogP contribution in [0.5, 0.6) is 5.75 Å². The van der Waals surface area contributed by atoms with Crippen LogP contribution < -0.4 is 9.64 Å².